The number of rotatable bonds is 6. The summed E-state index contributed by atoms with van der Waals surface area (Å²) < 4.78 is 22.6. The quantitative estimate of drug-likeness (QED) is 0.846. The van der Waals surface area contributed by atoms with E-state index in [-0.39, 0.29) is 17.5 Å². The summed E-state index contributed by atoms with van der Waals surface area (Å²) in [4.78, 5) is 5.19. The molecule has 0 saturated carbocycles. The first kappa shape index (κ1) is 13.6. The maximum absolute atomic E-state index is 11.3. The number of nitrogens with two attached hydrogens (primary N) is 1. The van der Waals surface area contributed by atoms with E-state index in [0.717, 1.165) is 10.6 Å². The van der Waals surface area contributed by atoms with Crippen molar-refractivity contribution in [2.75, 3.05) is 11.5 Å². The van der Waals surface area contributed by atoms with Gasteiger partial charge in [0.15, 0.2) is 0 Å². The van der Waals surface area contributed by atoms with E-state index in [1.807, 2.05) is 6.92 Å². The Kier molecular flexibility index (Phi) is 4.89. The minimum absolute atomic E-state index is 0.0837. The molecule has 2 N–H and O–H groups in total. The van der Waals surface area contributed by atoms with Crippen molar-refractivity contribution in [2.45, 2.75) is 32.7 Å². The molecule has 0 aliphatic carbocycles. The van der Waals surface area contributed by atoms with Crippen LogP contribution in [-0.4, -0.2) is 24.9 Å². The highest BCUT2D eigenvalue weighted by Gasteiger charge is 2.13. The Labute approximate surface area is 101 Å². The Morgan fingerprint density at radius 3 is 2.75 bits per heavy atom. The molecule has 1 heterocycles. The molecule has 4 nitrogen and oxygen atoms in total. The molecular weight excluding hydrogens is 244 g/mol. The SMILES string of the molecule is CCS(=O)(=O)CCCC(N)c1scnc1C. The zero-order valence-corrected chi connectivity index (χ0v) is 11.3. The minimum atomic E-state index is -2.86. The van der Waals surface area contributed by atoms with Crippen LogP contribution in [0.5, 0.6) is 0 Å². The normalized spacial score (nSPS) is 13.9. The Morgan fingerprint density at radius 1 is 1.56 bits per heavy atom. The zero-order valence-electron chi connectivity index (χ0n) is 9.64. The van der Waals surface area contributed by atoms with E-state index in [4.69, 9.17) is 5.73 Å². The first-order valence-corrected chi connectivity index (χ1v) is 8.02. The van der Waals surface area contributed by atoms with E-state index >= 15 is 0 Å². The van der Waals surface area contributed by atoms with Gasteiger partial charge in [-0.1, -0.05) is 6.92 Å². The van der Waals surface area contributed by atoms with E-state index < -0.39 is 9.84 Å². The largest absolute Gasteiger partial charge is 0.323 e. The molecule has 0 aliphatic heterocycles. The molecule has 0 aliphatic rings. The van der Waals surface area contributed by atoms with Gasteiger partial charge in [-0.3, -0.25) is 0 Å². The van der Waals surface area contributed by atoms with Crippen LogP contribution in [0.2, 0.25) is 0 Å². The van der Waals surface area contributed by atoms with Crippen molar-refractivity contribution in [1.29, 1.82) is 0 Å². The fourth-order valence-electron chi connectivity index (χ4n) is 1.47. The van der Waals surface area contributed by atoms with Crippen LogP contribution in [0.4, 0.5) is 0 Å². The minimum Gasteiger partial charge on any atom is -0.323 e. The molecule has 0 spiro atoms. The van der Waals surface area contributed by atoms with Crippen LogP contribution in [0.3, 0.4) is 0 Å². The van der Waals surface area contributed by atoms with Crippen LogP contribution >= 0.6 is 11.3 Å². The third-order valence-electron chi connectivity index (χ3n) is 2.53. The van der Waals surface area contributed by atoms with E-state index in [0.29, 0.717) is 12.8 Å². The van der Waals surface area contributed by atoms with Crippen molar-refractivity contribution in [2.24, 2.45) is 5.73 Å². The average molecular weight is 262 g/mol. The summed E-state index contributed by atoms with van der Waals surface area (Å²) in [6, 6.07) is -0.0837. The fourth-order valence-corrected chi connectivity index (χ4v) is 3.20. The fraction of sp³-hybridized carbons (Fsp3) is 0.700. The zero-order chi connectivity index (χ0) is 12.2. The second-order valence-electron chi connectivity index (χ2n) is 3.79. The van der Waals surface area contributed by atoms with E-state index in [1.54, 1.807) is 12.4 Å². The Balaban J connectivity index is 2.43. The maximum atomic E-state index is 11.3. The standard InChI is InChI=1S/C10H18N2O2S2/c1-3-16(13,14)6-4-5-9(11)10-8(2)12-7-15-10/h7,9H,3-6,11H2,1-2H3. The van der Waals surface area contributed by atoms with Gasteiger partial charge >= 0.3 is 0 Å². The van der Waals surface area contributed by atoms with E-state index in [1.165, 1.54) is 11.3 Å². The molecule has 92 valence electrons. The first-order valence-electron chi connectivity index (χ1n) is 5.32. The number of aromatic nitrogens is 1. The smallest absolute Gasteiger partial charge is 0.150 e. The summed E-state index contributed by atoms with van der Waals surface area (Å²) in [6.07, 6.45) is 1.32. The van der Waals surface area contributed by atoms with Crippen LogP contribution < -0.4 is 5.73 Å². The van der Waals surface area contributed by atoms with Crippen molar-refractivity contribution in [1.82, 2.24) is 4.98 Å². The third kappa shape index (κ3) is 3.84. The maximum Gasteiger partial charge on any atom is 0.150 e. The molecule has 0 bridgehead atoms. The predicted octanol–water partition coefficient (Wildman–Crippen LogP) is 1.67. The van der Waals surface area contributed by atoms with Gasteiger partial charge in [0.05, 0.1) is 17.0 Å². The lowest BCUT2D eigenvalue weighted by molar-refractivity contribution is 0.585. The highest BCUT2D eigenvalue weighted by molar-refractivity contribution is 7.91. The van der Waals surface area contributed by atoms with E-state index in [9.17, 15) is 8.42 Å². The van der Waals surface area contributed by atoms with Gasteiger partial charge < -0.3 is 5.73 Å². The number of sulfone groups is 1. The Bertz CT molecular complexity index is 426. The molecule has 0 fully saturated rings. The summed E-state index contributed by atoms with van der Waals surface area (Å²) in [5.41, 5.74) is 8.71. The predicted molar refractivity (Wildman–Crippen MR) is 67.3 cm³/mol. The molecule has 1 rings (SSSR count). The number of hydrogen-bond acceptors (Lipinski definition) is 5. The summed E-state index contributed by atoms with van der Waals surface area (Å²) in [5.74, 6) is 0.441. The van der Waals surface area contributed by atoms with Gasteiger partial charge in [-0.25, -0.2) is 13.4 Å². The lowest BCUT2D eigenvalue weighted by atomic mass is 10.1. The van der Waals surface area contributed by atoms with Gasteiger partial charge in [0.25, 0.3) is 0 Å². The van der Waals surface area contributed by atoms with Gasteiger partial charge in [0, 0.05) is 16.7 Å². The topological polar surface area (TPSA) is 73.0 Å². The molecule has 6 heteroatoms. The lowest BCUT2D eigenvalue weighted by Gasteiger charge is -2.09. The Morgan fingerprint density at radius 2 is 2.25 bits per heavy atom. The second kappa shape index (κ2) is 5.75. The van der Waals surface area contributed by atoms with Crippen LogP contribution in [0.15, 0.2) is 5.51 Å². The van der Waals surface area contributed by atoms with Crippen LogP contribution in [0.1, 0.15) is 36.4 Å². The van der Waals surface area contributed by atoms with Crippen molar-refractivity contribution >= 4 is 21.2 Å². The number of hydrogen-bond donors (Lipinski definition) is 1. The monoisotopic (exact) mass is 262 g/mol. The molecular formula is C10H18N2O2S2. The number of nitrogens with zero attached hydrogens (tertiary/aromatic N) is 1. The third-order valence-corrected chi connectivity index (χ3v) is 5.38. The molecule has 1 atom stereocenters. The molecule has 1 aromatic heterocycles. The molecule has 0 aromatic carbocycles. The average Bonchev–Trinajstić information content (AvgIpc) is 2.64. The highest BCUT2D eigenvalue weighted by Crippen LogP contribution is 2.23. The first-order chi connectivity index (χ1) is 7.46. The molecule has 16 heavy (non-hydrogen) atoms. The Hall–Kier alpha value is -0.460. The van der Waals surface area contributed by atoms with Gasteiger partial charge in [-0.05, 0) is 19.8 Å². The molecule has 0 radical (unpaired) electrons. The van der Waals surface area contributed by atoms with Crippen molar-refractivity contribution in [3.05, 3.63) is 16.1 Å². The summed E-state index contributed by atoms with van der Waals surface area (Å²) in [7, 11) is -2.86. The van der Waals surface area contributed by atoms with Crippen LogP contribution in [-0.2, 0) is 9.84 Å². The molecule has 0 amide bonds. The van der Waals surface area contributed by atoms with Crippen molar-refractivity contribution < 1.29 is 8.42 Å². The molecule has 1 aromatic rings. The van der Waals surface area contributed by atoms with E-state index in [2.05, 4.69) is 4.98 Å². The number of aryl methyl sites for hydroxylation is 1. The van der Waals surface area contributed by atoms with Crippen LogP contribution in [0, 0.1) is 6.92 Å². The van der Waals surface area contributed by atoms with Crippen molar-refractivity contribution in [3.8, 4) is 0 Å². The summed E-state index contributed by atoms with van der Waals surface area (Å²) in [5, 5.41) is 0. The molecule has 1 unspecified atom stereocenters. The lowest BCUT2D eigenvalue weighted by Crippen LogP contribution is -2.14. The van der Waals surface area contributed by atoms with Crippen LogP contribution in [0.25, 0.3) is 0 Å². The van der Waals surface area contributed by atoms with Gasteiger partial charge in [-0.2, -0.15) is 0 Å². The highest BCUT2D eigenvalue weighted by atomic mass is 32.2. The number of thiazole rings is 1. The van der Waals surface area contributed by atoms with Gasteiger partial charge in [0.2, 0.25) is 0 Å². The second-order valence-corrected chi connectivity index (χ2v) is 7.15. The summed E-state index contributed by atoms with van der Waals surface area (Å²) >= 11 is 1.54. The summed E-state index contributed by atoms with van der Waals surface area (Å²) in [6.45, 7) is 3.59. The van der Waals surface area contributed by atoms with Gasteiger partial charge in [0.1, 0.15) is 9.84 Å². The van der Waals surface area contributed by atoms with Gasteiger partial charge in [-0.15, -0.1) is 11.3 Å². The van der Waals surface area contributed by atoms with Crippen molar-refractivity contribution in [3.63, 3.8) is 0 Å². The molecule has 0 saturated heterocycles.